The summed E-state index contributed by atoms with van der Waals surface area (Å²) in [5.74, 6) is 0. The van der Waals surface area contributed by atoms with Crippen molar-refractivity contribution >= 4 is 21.6 Å². The Labute approximate surface area is 123 Å². The zero-order chi connectivity index (χ0) is 13.8. The molecule has 0 bridgehead atoms. The number of thiophene rings is 1. The lowest BCUT2D eigenvalue weighted by atomic mass is 10.0. The lowest BCUT2D eigenvalue weighted by molar-refractivity contribution is 0.548. The molecule has 1 N–H and O–H groups in total. The van der Waals surface area contributed by atoms with Gasteiger partial charge in [-0.25, -0.2) is 0 Å². The van der Waals surface area contributed by atoms with Crippen molar-refractivity contribution in [2.75, 3.05) is 7.05 Å². The van der Waals surface area contributed by atoms with E-state index in [2.05, 4.69) is 58.1 Å². The van der Waals surface area contributed by atoms with Gasteiger partial charge in [0, 0.05) is 12.2 Å². The second-order valence-electron chi connectivity index (χ2n) is 4.94. The van der Waals surface area contributed by atoms with Gasteiger partial charge in [-0.15, -0.1) is 11.3 Å². The fraction of sp³-hybridized carbons (Fsp3) is 0.235. The summed E-state index contributed by atoms with van der Waals surface area (Å²) in [6.45, 7) is 0. The van der Waals surface area contributed by atoms with Gasteiger partial charge < -0.3 is 5.32 Å². The molecule has 1 unspecified atom stereocenters. The smallest absolute Gasteiger partial charge is 0.0809 e. The molecule has 1 aromatic carbocycles. The van der Waals surface area contributed by atoms with Gasteiger partial charge in [-0.05, 0) is 48.5 Å². The zero-order valence-electron chi connectivity index (χ0n) is 11.5. The molecule has 0 spiro atoms. The van der Waals surface area contributed by atoms with Gasteiger partial charge in [-0.3, -0.25) is 4.98 Å². The van der Waals surface area contributed by atoms with Crippen LogP contribution >= 0.6 is 11.3 Å². The van der Waals surface area contributed by atoms with E-state index in [1.54, 1.807) is 11.3 Å². The molecule has 0 aliphatic heterocycles. The molecule has 3 aromatic rings. The van der Waals surface area contributed by atoms with E-state index in [4.69, 9.17) is 0 Å². The van der Waals surface area contributed by atoms with E-state index in [0.29, 0.717) is 6.04 Å². The highest BCUT2D eigenvalue weighted by atomic mass is 32.1. The molecule has 2 nitrogen and oxygen atoms in total. The van der Waals surface area contributed by atoms with Crippen LogP contribution in [-0.2, 0) is 6.42 Å². The van der Waals surface area contributed by atoms with Crippen molar-refractivity contribution in [3.63, 3.8) is 0 Å². The van der Waals surface area contributed by atoms with Crippen molar-refractivity contribution in [1.82, 2.24) is 10.3 Å². The minimum atomic E-state index is 0.356. The van der Waals surface area contributed by atoms with E-state index in [1.807, 2.05) is 13.2 Å². The standard InChI is InChI=1S/C17H18N2S/c1-18-15(8-7-13-5-3-2-4-6-13)14-11-17-16(19-12-14)9-10-20-17/h2-6,9-12,15,18H,7-8H2,1H3. The molecule has 20 heavy (non-hydrogen) atoms. The van der Waals surface area contributed by atoms with Crippen molar-refractivity contribution in [1.29, 1.82) is 0 Å². The van der Waals surface area contributed by atoms with Crippen LogP contribution in [0, 0.1) is 0 Å². The van der Waals surface area contributed by atoms with Crippen LogP contribution in [0.4, 0.5) is 0 Å². The maximum atomic E-state index is 4.54. The van der Waals surface area contributed by atoms with E-state index in [0.717, 1.165) is 18.4 Å². The second kappa shape index (κ2) is 6.16. The molecule has 0 saturated heterocycles. The number of nitrogens with zero attached hydrogens (tertiary/aromatic N) is 1. The summed E-state index contributed by atoms with van der Waals surface area (Å²) in [6.07, 6.45) is 4.16. The van der Waals surface area contributed by atoms with Crippen molar-refractivity contribution in [3.8, 4) is 0 Å². The Morgan fingerprint density at radius 3 is 2.85 bits per heavy atom. The highest BCUT2D eigenvalue weighted by Crippen LogP contribution is 2.25. The van der Waals surface area contributed by atoms with E-state index in [9.17, 15) is 0 Å². The number of fused-ring (bicyclic) bond motifs is 1. The first kappa shape index (κ1) is 13.3. The van der Waals surface area contributed by atoms with Gasteiger partial charge in [-0.1, -0.05) is 30.3 Å². The highest BCUT2D eigenvalue weighted by Gasteiger charge is 2.11. The van der Waals surface area contributed by atoms with Gasteiger partial charge in [0.05, 0.1) is 10.2 Å². The fourth-order valence-electron chi connectivity index (χ4n) is 2.49. The summed E-state index contributed by atoms with van der Waals surface area (Å²) in [6, 6.07) is 15.3. The first-order chi connectivity index (χ1) is 9.86. The number of aryl methyl sites for hydroxylation is 1. The molecular weight excluding hydrogens is 264 g/mol. The molecule has 0 aliphatic carbocycles. The summed E-state index contributed by atoms with van der Waals surface area (Å²) in [7, 11) is 2.02. The van der Waals surface area contributed by atoms with Gasteiger partial charge >= 0.3 is 0 Å². The number of hydrogen-bond donors (Lipinski definition) is 1. The molecule has 3 heteroatoms. The molecule has 3 rings (SSSR count). The van der Waals surface area contributed by atoms with E-state index >= 15 is 0 Å². The number of rotatable bonds is 5. The summed E-state index contributed by atoms with van der Waals surface area (Å²) < 4.78 is 1.27. The number of aromatic nitrogens is 1. The summed E-state index contributed by atoms with van der Waals surface area (Å²) in [5.41, 5.74) is 3.76. The molecule has 102 valence electrons. The van der Waals surface area contributed by atoms with Gasteiger partial charge in [-0.2, -0.15) is 0 Å². The van der Waals surface area contributed by atoms with Crippen LogP contribution in [0.5, 0.6) is 0 Å². The Morgan fingerprint density at radius 1 is 1.20 bits per heavy atom. The zero-order valence-corrected chi connectivity index (χ0v) is 12.4. The van der Waals surface area contributed by atoms with Crippen LogP contribution in [0.25, 0.3) is 10.2 Å². The predicted molar refractivity (Wildman–Crippen MR) is 86.2 cm³/mol. The Hall–Kier alpha value is -1.71. The molecule has 0 aliphatic rings. The summed E-state index contributed by atoms with van der Waals surface area (Å²) in [4.78, 5) is 4.54. The summed E-state index contributed by atoms with van der Waals surface area (Å²) >= 11 is 1.75. The summed E-state index contributed by atoms with van der Waals surface area (Å²) in [5, 5.41) is 5.51. The quantitative estimate of drug-likeness (QED) is 0.759. The van der Waals surface area contributed by atoms with E-state index in [-0.39, 0.29) is 0 Å². The molecular formula is C17H18N2S. The van der Waals surface area contributed by atoms with Crippen LogP contribution in [0.3, 0.4) is 0 Å². The van der Waals surface area contributed by atoms with Crippen LogP contribution in [0.1, 0.15) is 23.6 Å². The lowest BCUT2D eigenvalue weighted by Gasteiger charge is -2.16. The van der Waals surface area contributed by atoms with Gasteiger partial charge in [0.25, 0.3) is 0 Å². The molecule has 2 aromatic heterocycles. The average molecular weight is 282 g/mol. The lowest BCUT2D eigenvalue weighted by Crippen LogP contribution is -2.17. The Balaban J connectivity index is 1.75. The molecule has 0 fully saturated rings. The minimum absolute atomic E-state index is 0.356. The average Bonchev–Trinajstić information content (AvgIpc) is 2.96. The van der Waals surface area contributed by atoms with Crippen molar-refractivity contribution < 1.29 is 0 Å². The minimum Gasteiger partial charge on any atom is -0.313 e. The molecule has 0 saturated carbocycles. The van der Waals surface area contributed by atoms with Gasteiger partial charge in [0.15, 0.2) is 0 Å². The van der Waals surface area contributed by atoms with Crippen molar-refractivity contribution in [3.05, 3.63) is 65.2 Å². The Kier molecular flexibility index (Phi) is 4.09. The predicted octanol–water partition coefficient (Wildman–Crippen LogP) is 4.19. The number of benzene rings is 1. The van der Waals surface area contributed by atoms with Crippen LogP contribution in [0.2, 0.25) is 0 Å². The number of nitrogens with one attached hydrogen (secondary N) is 1. The van der Waals surface area contributed by atoms with Gasteiger partial charge in [0.1, 0.15) is 0 Å². The van der Waals surface area contributed by atoms with E-state index in [1.165, 1.54) is 15.8 Å². The maximum Gasteiger partial charge on any atom is 0.0809 e. The first-order valence-electron chi connectivity index (χ1n) is 6.91. The van der Waals surface area contributed by atoms with Crippen LogP contribution in [0.15, 0.2) is 54.0 Å². The van der Waals surface area contributed by atoms with Crippen LogP contribution in [-0.4, -0.2) is 12.0 Å². The first-order valence-corrected chi connectivity index (χ1v) is 7.79. The van der Waals surface area contributed by atoms with Gasteiger partial charge in [0.2, 0.25) is 0 Å². The number of pyridine rings is 1. The second-order valence-corrected chi connectivity index (χ2v) is 5.89. The van der Waals surface area contributed by atoms with Crippen molar-refractivity contribution in [2.45, 2.75) is 18.9 Å². The Bertz CT molecular complexity index is 676. The topological polar surface area (TPSA) is 24.9 Å². The Morgan fingerprint density at radius 2 is 2.05 bits per heavy atom. The largest absolute Gasteiger partial charge is 0.313 e. The fourth-order valence-corrected chi connectivity index (χ4v) is 3.27. The molecule has 2 heterocycles. The normalized spacial score (nSPS) is 12.7. The third-order valence-electron chi connectivity index (χ3n) is 3.64. The van der Waals surface area contributed by atoms with Crippen molar-refractivity contribution in [2.24, 2.45) is 0 Å². The van der Waals surface area contributed by atoms with Crippen LogP contribution < -0.4 is 5.32 Å². The monoisotopic (exact) mass is 282 g/mol. The van der Waals surface area contributed by atoms with E-state index < -0.39 is 0 Å². The SMILES string of the molecule is CNC(CCc1ccccc1)c1cnc2ccsc2c1. The third kappa shape index (κ3) is 2.89. The molecule has 0 radical (unpaired) electrons. The highest BCUT2D eigenvalue weighted by molar-refractivity contribution is 7.17. The molecule has 0 amide bonds. The molecule has 1 atom stereocenters. The number of hydrogen-bond acceptors (Lipinski definition) is 3. The maximum absolute atomic E-state index is 4.54. The third-order valence-corrected chi connectivity index (χ3v) is 4.49.